The van der Waals surface area contributed by atoms with E-state index in [1.165, 1.54) is 0 Å². The molecule has 0 spiro atoms. The molecule has 0 amide bonds. The van der Waals surface area contributed by atoms with E-state index in [-0.39, 0.29) is 6.04 Å². The van der Waals surface area contributed by atoms with Gasteiger partial charge in [-0.05, 0) is 30.7 Å². The molecule has 5 heteroatoms. The van der Waals surface area contributed by atoms with E-state index in [0.717, 1.165) is 22.7 Å². The first-order valence-electron chi connectivity index (χ1n) is 6.62. The summed E-state index contributed by atoms with van der Waals surface area (Å²) in [5.41, 5.74) is 8.69. The number of nitrogen functional groups attached to an aromatic ring is 1. The minimum Gasteiger partial charge on any atom is -0.398 e. The van der Waals surface area contributed by atoms with Crippen LogP contribution in [0.15, 0.2) is 48.7 Å². The molecule has 1 atom stereocenters. The van der Waals surface area contributed by atoms with Gasteiger partial charge in [-0.25, -0.2) is 0 Å². The lowest BCUT2D eigenvalue weighted by Crippen LogP contribution is -2.20. The van der Waals surface area contributed by atoms with Gasteiger partial charge in [-0.15, -0.1) is 10.2 Å². The van der Waals surface area contributed by atoms with Gasteiger partial charge < -0.3 is 11.1 Å². The highest BCUT2D eigenvalue weighted by atomic mass is 15.3. The normalized spacial score (nSPS) is 12.7. The number of fused-ring (bicyclic) bond motifs is 1. The number of aromatic nitrogens is 3. The van der Waals surface area contributed by atoms with Gasteiger partial charge in [-0.1, -0.05) is 24.3 Å². The first-order chi connectivity index (χ1) is 9.75. The molecular weight excluding hydrogens is 250 g/mol. The van der Waals surface area contributed by atoms with Crippen LogP contribution in [-0.4, -0.2) is 14.6 Å². The molecule has 2 heterocycles. The molecule has 20 heavy (non-hydrogen) atoms. The fourth-order valence-corrected chi connectivity index (χ4v) is 2.20. The highest BCUT2D eigenvalue weighted by Gasteiger charge is 2.12. The Hall–Kier alpha value is -2.40. The van der Waals surface area contributed by atoms with E-state index < -0.39 is 0 Å². The van der Waals surface area contributed by atoms with Gasteiger partial charge in [0.05, 0.1) is 6.04 Å². The molecule has 1 unspecified atom stereocenters. The van der Waals surface area contributed by atoms with Crippen molar-refractivity contribution in [2.75, 3.05) is 5.73 Å². The van der Waals surface area contributed by atoms with Crippen LogP contribution >= 0.6 is 0 Å². The van der Waals surface area contributed by atoms with Crippen LogP contribution in [0.4, 0.5) is 5.69 Å². The summed E-state index contributed by atoms with van der Waals surface area (Å²) in [7, 11) is 0. The number of para-hydroxylation sites is 1. The Kier molecular flexibility index (Phi) is 3.35. The lowest BCUT2D eigenvalue weighted by Gasteiger charge is -2.13. The Labute approximate surface area is 117 Å². The summed E-state index contributed by atoms with van der Waals surface area (Å²) in [6.07, 6.45) is 1.97. The van der Waals surface area contributed by atoms with Crippen LogP contribution in [0.5, 0.6) is 0 Å². The number of hydrogen-bond acceptors (Lipinski definition) is 4. The standard InChI is InChI=1S/C15H17N5/c1-11(17-10-12-6-2-3-7-13(12)16)15-19-18-14-8-4-5-9-20(14)15/h2-9,11,17H,10,16H2,1H3. The Morgan fingerprint density at radius 1 is 1.15 bits per heavy atom. The van der Waals surface area contributed by atoms with E-state index in [4.69, 9.17) is 5.73 Å². The third-order valence-corrected chi connectivity index (χ3v) is 3.38. The lowest BCUT2D eigenvalue weighted by atomic mass is 10.1. The predicted octanol–water partition coefficient (Wildman–Crippen LogP) is 2.16. The zero-order chi connectivity index (χ0) is 13.9. The molecular formula is C15H17N5. The fourth-order valence-electron chi connectivity index (χ4n) is 2.20. The van der Waals surface area contributed by atoms with Crippen LogP contribution in [-0.2, 0) is 6.54 Å². The minimum atomic E-state index is 0.0898. The van der Waals surface area contributed by atoms with Gasteiger partial charge in [-0.2, -0.15) is 0 Å². The summed E-state index contributed by atoms with van der Waals surface area (Å²) in [6, 6.07) is 13.8. The van der Waals surface area contributed by atoms with E-state index >= 15 is 0 Å². The van der Waals surface area contributed by atoms with Gasteiger partial charge in [0.2, 0.25) is 0 Å². The molecule has 0 aliphatic rings. The maximum atomic E-state index is 5.94. The third-order valence-electron chi connectivity index (χ3n) is 3.38. The van der Waals surface area contributed by atoms with Crippen molar-refractivity contribution >= 4 is 11.3 Å². The first-order valence-corrected chi connectivity index (χ1v) is 6.62. The predicted molar refractivity (Wildman–Crippen MR) is 79.1 cm³/mol. The van der Waals surface area contributed by atoms with Gasteiger partial charge in [0.1, 0.15) is 0 Å². The van der Waals surface area contributed by atoms with Crippen molar-refractivity contribution in [2.24, 2.45) is 0 Å². The average molecular weight is 267 g/mol. The molecule has 0 bridgehead atoms. The summed E-state index contributed by atoms with van der Waals surface area (Å²) < 4.78 is 1.99. The maximum absolute atomic E-state index is 5.94. The van der Waals surface area contributed by atoms with Crippen LogP contribution in [0.1, 0.15) is 24.4 Å². The number of rotatable bonds is 4. The summed E-state index contributed by atoms with van der Waals surface area (Å²) in [6.45, 7) is 2.78. The van der Waals surface area contributed by atoms with Crippen molar-refractivity contribution in [3.63, 3.8) is 0 Å². The van der Waals surface area contributed by atoms with Crippen molar-refractivity contribution < 1.29 is 0 Å². The molecule has 0 radical (unpaired) electrons. The summed E-state index contributed by atoms with van der Waals surface area (Å²) in [5.74, 6) is 0.898. The molecule has 2 aromatic heterocycles. The number of nitrogens with two attached hydrogens (primary N) is 1. The Bertz CT molecular complexity index is 719. The second kappa shape index (κ2) is 5.30. The van der Waals surface area contributed by atoms with Crippen LogP contribution < -0.4 is 11.1 Å². The number of nitrogens with zero attached hydrogens (tertiary/aromatic N) is 3. The summed E-state index contributed by atoms with van der Waals surface area (Å²) in [5, 5.41) is 11.8. The Morgan fingerprint density at radius 3 is 2.80 bits per heavy atom. The van der Waals surface area contributed by atoms with Crippen molar-refractivity contribution in [3.05, 3.63) is 60.0 Å². The largest absolute Gasteiger partial charge is 0.398 e. The number of benzene rings is 1. The molecule has 3 N–H and O–H groups in total. The van der Waals surface area contributed by atoms with E-state index in [1.807, 2.05) is 53.1 Å². The van der Waals surface area contributed by atoms with E-state index in [0.29, 0.717) is 6.54 Å². The third kappa shape index (κ3) is 2.35. The molecule has 0 saturated carbocycles. The van der Waals surface area contributed by atoms with Crippen molar-refractivity contribution in [2.45, 2.75) is 19.5 Å². The number of hydrogen-bond donors (Lipinski definition) is 2. The van der Waals surface area contributed by atoms with Gasteiger partial charge >= 0.3 is 0 Å². The fraction of sp³-hybridized carbons (Fsp3) is 0.200. The molecule has 3 aromatic rings. The molecule has 5 nitrogen and oxygen atoms in total. The zero-order valence-corrected chi connectivity index (χ0v) is 11.3. The van der Waals surface area contributed by atoms with Crippen LogP contribution in [0.25, 0.3) is 5.65 Å². The van der Waals surface area contributed by atoms with Crippen LogP contribution in [0, 0.1) is 0 Å². The monoisotopic (exact) mass is 267 g/mol. The van der Waals surface area contributed by atoms with Crippen molar-refractivity contribution in [1.82, 2.24) is 19.9 Å². The zero-order valence-electron chi connectivity index (χ0n) is 11.3. The van der Waals surface area contributed by atoms with Gasteiger partial charge in [-0.3, -0.25) is 4.40 Å². The maximum Gasteiger partial charge on any atom is 0.160 e. The smallest absolute Gasteiger partial charge is 0.160 e. The first kappa shape index (κ1) is 12.6. The van der Waals surface area contributed by atoms with E-state index in [2.05, 4.69) is 22.4 Å². The highest BCUT2D eigenvalue weighted by Crippen LogP contribution is 2.15. The number of anilines is 1. The molecule has 0 aliphatic carbocycles. The highest BCUT2D eigenvalue weighted by molar-refractivity contribution is 5.46. The molecule has 1 aromatic carbocycles. The second-order valence-corrected chi connectivity index (χ2v) is 4.79. The summed E-state index contributed by atoms with van der Waals surface area (Å²) >= 11 is 0. The average Bonchev–Trinajstić information content (AvgIpc) is 2.90. The van der Waals surface area contributed by atoms with Gasteiger partial charge in [0.25, 0.3) is 0 Å². The van der Waals surface area contributed by atoms with E-state index in [1.54, 1.807) is 0 Å². The number of pyridine rings is 1. The number of nitrogens with one attached hydrogen (secondary N) is 1. The second-order valence-electron chi connectivity index (χ2n) is 4.79. The topological polar surface area (TPSA) is 68.2 Å². The molecule has 0 fully saturated rings. The van der Waals surface area contributed by atoms with Gasteiger partial charge in [0, 0.05) is 18.4 Å². The van der Waals surface area contributed by atoms with Crippen LogP contribution in [0.2, 0.25) is 0 Å². The van der Waals surface area contributed by atoms with Crippen molar-refractivity contribution in [1.29, 1.82) is 0 Å². The molecule has 0 saturated heterocycles. The Balaban J connectivity index is 1.77. The molecule has 102 valence electrons. The van der Waals surface area contributed by atoms with Crippen LogP contribution in [0.3, 0.4) is 0 Å². The molecule has 0 aliphatic heterocycles. The van der Waals surface area contributed by atoms with E-state index in [9.17, 15) is 0 Å². The summed E-state index contributed by atoms with van der Waals surface area (Å²) in [4.78, 5) is 0. The Morgan fingerprint density at radius 2 is 1.95 bits per heavy atom. The lowest BCUT2D eigenvalue weighted by molar-refractivity contribution is 0.542. The SMILES string of the molecule is CC(NCc1ccccc1N)c1nnc2ccccn12. The minimum absolute atomic E-state index is 0.0898. The van der Waals surface area contributed by atoms with Gasteiger partial charge in [0.15, 0.2) is 11.5 Å². The van der Waals surface area contributed by atoms with Crippen molar-refractivity contribution in [3.8, 4) is 0 Å². The quantitative estimate of drug-likeness (QED) is 0.711. The molecule has 3 rings (SSSR count).